The number of carboxylic acid groups (broad SMARTS) is 1. The number of sulfonamides is 1. The Kier molecular flexibility index (Phi) is 6.77. The van der Waals surface area contributed by atoms with Crippen molar-refractivity contribution in [1.29, 1.82) is 0 Å². The van der Waals surface area contributed by atoms with Crippen molar-refractivity contribution < 1.29 is 27.9 Å². The smallest absolute Gasteiger partial charge is 0.309 e. The standard InChI is InChI=1S/C31H49NO6S/c1-14-16-7-19(13-32-39(6,36)37)21(8-16)26(14)27-18-10-22(23(11-18)29(33)34)28(27)25-15(2)20-9-17(25)12-24(20)30(35)38-31(3,4)5/h14-28,32H,7-13H2,1-6H3,(H,33,34). The molecule has 39 heavy (non-hydrogen) atoms. The molecule has 0 aromatic carbocycles. The van der Waals surface area contributed by atoms with Crippen molar-refractivity contribution in [2.75, 3.05) is 12.8 Å². The fourth-order valence-electron chi connectivity index (χ4n) is 11.8. The molecular formula is C31H49NO6S. The molecule has 220 valence electrons. The predicted molar refractivity (Wildman–Crippen MR) is 148 cm³/mol. The number of hydrogen-bond acceptors (Lipinski definition) is 5. The molecule has 6 bridgehead atoms. The summed E-state index contributed by atoms with van der Waals surface area (Å²) in [5, 5.41) is 10.2. The Morgan fingerprint density at radius 1 is 0.795 bits per heavy atom. The van der Waals surface area contributed by atoms with E-state index in [2.05, 4.69) is 18.6 Å². The topological polar surface area (TPSA) is 110 Å². The van der Waals surface area contributed by atoms with Crippen LogP contribution in [0.2, 0.25) is 0 Å². The first-order chi connectivity index (χ1) is 18.1. The van der Waals surface area contributed by atoms with Crippen molar-refractivity contribution in [3.8, 4) is 0 Å². The molecule has 8 heteroatoms. The Labute approximate surface area is 234 Å². The molecule has 0 aromatic rings. The maximum atomic E-state index is 13.1. The quantitative estimate of drug-likeness (QED) is 0.436. The Hall–Kier alpha value is -1.15. The van der Waals surface area contributed by atoms with E-state index in [1.807, 2.05) is 20.8 Å². The lowest BCUT2D eigenvalue weighted by molar-refractivity contribution is -0.163. The van der Waals surface area contributed by atoms with E-state index in [0.717, 1.165) is 32.1 Å². The number of esters is 1. The molecule has 15 atom stereocenters. The van der Waals surface area contributed by atoms with Crippen molar-refractivity contribution in [2.24, 2.45) is 88.8 Å². The largest absolute Gasteiger partial charge is 0.481 e. The van der Waals surface area contributed by atoms with Crippen LogP contribution < -0.4 is 4.72 Å². The zero-order chi connectivity index (χ0) is 28.2. The number of hydrogen-bond donors (Lipinski definition) is 2. The first-order valence-corrected chi connectivity index (χ1v) is 17.4. The van der Waals surface area contributed by atoms with E-state index in [4.69, 9.17) is 4.74 Å². The van der Waals surface area contributed by atoms with Gasteiger partial charge in [-0.05, 0) is 136 Å². The number of carbonyl (C=O) groups excluding carboxylic acids is 1. The summed E-state index contributed by atoms with van der Waals surface area (Å²) in [6.07, 6.45) is 7.36. The van der Waals surface area contributed by atoms with Gasteiger partial charge in [0.15, 0.2) is 0 Å². The lowest BCUT2D eigenvalue weighted by atomic mass is 9.55. The van der Waals surface area contributed by atoms with Gasteiger partial charge < -0.3 is 9.84 Å². The van der Waals surface area contributed by atoms with Crippen LogP contribution in [0, 0.1) is 88.8 Å². The molecule has 0 spiro atoms. The first kappa shape index (κ1) is 28.0. The zero-order valence-corrected chi connectivity index (χ0v) is 25.3. The summed E-state index contributed by atoms with van der Waals surface area (Å²) >= 11 is 0. The van der Waals surface area contributed by atoms with Gasteiger partial charge in [-0.3, -0.25) is 9.59 Å². The Morgan fingerprint density at radius 3 is 2.00 bits per heavy atom. The third kappa shape index (κ3) is 4.67. The van der Waals surface area contributed by atoms with E-state index in [-0.39, 0.29) is 23.7 Å². The highest BCUT2D eigenvalue weighted by molar-refractivity contribution is 7.88. The van der Waals surface area contributed by atoms with Crippen LogP contribution >= 0.6 is 0 Å². The number of aliphatic carboxylic acids is 1. The molecule has 0 radical (unpaired) electrons. The van der Waals surface area contributed by atoms with Crippen LogP contribution in [0.3, 0.4) is 0 Å². The molecule has 6 saturated carbocycles. The van der Waals surface area contributed by atoms with Crippen LogP contribution in [0.4, 0.5) is 0 Å². The molecule has 6 aliphatic rings. The van der Waals surface area contributed by atoms with Crippen molar-refractivity contribution in [3.63, 3.8) is 0 Å². The molecule has 7 nitrogen and oxygen atoms in total. The van der Waals surface area contributed by atoms with Gasteiger partial charge in [0.05, 0.1) is 18.1 Å². The second-order valence-corrected chi connectivity index (χ2v) is 17.5. The zero-order valence-electron chi connectivity index (χ0n) is 24.5. The van der Waals surface area contributed by atoms with Crippen molar-refractivity contribution in [2.45, 2.75) is 78.7 Å². The van der Waals surface area contributed by atoms with Gasteiger partial charge in [0.25, 0.3) is 0 Å². The fraction of sp³-hybridized carbons (Fsp3) is 0.935. The van der Waals surface area contributed by atoms with E-state index < -0.39 is 21.6 Å². The highest BCUT2D eigenvalue weighted by atomic mass is 32.2. The van der Waals surface area contributed by atoms with Crippen LogP contribution in [0.5, 0.6) is 0 Å². The predicted octanol–water partition coefficient (Wildman–Crippen LogP) is 4.67. The number of nitrogens with one attached hydrogen (secondary N) is 1. The second kappa shape index (κ2) is 9.43. The molecule has 0 heterocycles. The van der Waals surface area contributed by atoms with Crippen LogP contribution in [0.15, 0.2) is 0 Å². The molecule has 0 aliphatic heterocycles. The van der Waals surface area contributed by atoms with E-state index in [1.54, 1.807) is 0 Å². The fourth-order valence-corrected chi connectivity index (χ4v) is 12.3. The van der Waals surface area contributed by atoms with Crippen LogP contribution in [-0.2, 0) is 24.3 Å². The molecule has 6 fully saturated rings. The van der Waals surface area contributed by atoms with Gasteiger partial charge >= 0.3 is 11.9 Å². The third-order valence-corrected chi connectivity index (χ3v) is 13.5. The van der Waals surface area contributed by atoms with Gasteiger partial charge in [0.1, 0.15) is 5.60 Å². The monoisotopic (exact) mass is 563 g/mol. The van der Waals surface area contributed by atoms with Crippen molar-refractivity contribution >= 4 is 22.0 Å². The number of rotatable bonds is 7. The highest BCUT2D eigenvalue weighted by Crippen LogP contribution is 2.71. The van der Waals surface area contributed by atoms with Crippen LogP contribution in [-0.4, -0.2) is 43.9 Å². The summed E-state index contributed by atoms with van der Waals surface area (Å²) in [6.45, 7) is 11.1. The first-order valence-electron chi connectivity index (χ1n) is 15.5. The minimum Gasteiger partial charge on any atom is -0.481 e. The minimum atomic E-state index is -3.22. The summed E-state index contributed by atoms with van der Waals surface area (Å²) in [6, 6.07) is 0. The van der Waals surface area contributed by atoms with Gasteiger partial charge in [0.2, 0.25) is 10.0 Å². The summed E-state index contributed by atoms with van der Waals surface area (Å²) in [7, 11) is -3.22. The summed E-state index contributed by atoms with van der Waals surface area (Å²) in [4.78, 5) is 25.5. The number of carboxylic acids is 1. The maximum absolute atomic E-state index is 13.1. The normalized spacial score (nSPS) is 50.2. The summed E-state index contributed by atoms with van der Waals surface area (Å²) < 4.78 is 32.4. The molecule has 0 amide bonds. The van der Waals surface area contributed by atoms with E-state index in [1.165, 1.54) is 12.7 Å². The molecular weight excluding hydrogens is 514 g/mol. The van der Waals surface area contributed by atoms with Gasteiger partial charge in [-0.1, -0.05) is 13.8 Å². The average molecular weight is 564 g/mol. The lowest BCUT2D eigenvalue weighted by Gasteiger charge is -2.50. The van der Waals surface area contributed by atoms with E-state index in [9.17, 15) is 23.1 Å². The van der Waals surface area contributed by atoms with E-state index in [0.29, 0.717) is 77.6 Å². The van der Waals surface area contributed by atoms with Gasteiger partial charge in [-0.2, -0.15) is 0 Å². The average Bonchev–Trinajstić information content (AvgIpc) is 3.63. The molecule has 15 unspecified atom stereocenters. The minimum absolute atomic E-state index is 0.0272. The Morgan fingerprint density at radius 2 is 1.41 bits per heavy atom. The van der Waals surface area contributed by atoms with Gasteiger partial charge in [0, 0.05) is 6.54 Å². The molecule has 6 rings (SSSR count). The van der Waals surface area contributed by atoms with Crippen LogP contribution in [0.25, 0.3) is 0 Å². The SMILES string of the molecule is CC1C2CC(CC2C(=O)OC(C)(C)C)C1C1C2CC(CC2C(=O)O)C1C1C(C)C2CC(CNS(C)(=O)=O)C1C2. The van der Waals surface area contributed by atoms with Crippen LogP contribution in [0.1, 0.15) is 73.1 Å². The molecule has 6 aliphatic carbocycles. The van der Waals surface area contributed by atoms with Gasteiger partial charge in [-0.25, -0.2) is 13.1 Å². The van der Waals surface area contributed by atoms with Gasteiger partial charge in [-0.15, -0.1) is 0 Å². The number of fused-ring (bicyclic) bond motifs is 6. The van der Waals surface area contributed by atoms with Crippen molar-refractivity contribution in [3.05, 3.63) is 0 Å². The number of ether oxygens (including phenoxy) is 1. The second-order valence-electron chi connectivity index (χ2n) is 15.7. The third-order valence-electron chi connectivity index (χ3n) is 12.8. The Balaban J connectivity index is 1.27. The Bertz CT molecular complexity index is 1110. The molecule has 2 N–H and O–H groups in total. The summed E-state index contributed by atoms with van der Waals surface area (Å²) in [5.74, 6) is 5.13. The van der Waals surface area contributed by atoms with E-state index >= 15 is 0 Å². The number of carbonyl (C=O) groups is 2. The molecule has 0 aromatic heterocycles. The maximum Gasteiger partial charge on any atom is 0.309 e. The van der Waals surface area contributed by atoms with Crippen molar-refractivity contribution in [1.82, 2.24) is 4.72 Å². The summed E-state index contributed by atoms with van der Waals surface area (Å²) in [5.41, 5.74) is -0.480. The lowest BCUT2D eigenvalue weighted by Crippen LogP contribution is -2.48. The highest BCUT2D eigenvalue weighted by Gasteiger charge is 2.67. The molecule has 0 saturated heterocycles.